The molecule has 8 nitrogen and oxygen atoms in total. The number of likely N-dealkylation sites (tertiary alicyclic amines) is 1. The van der Waals surface area contributed by atoms with Crippen molar-refractivity contribution in [3.05, 3.63) is 35.1 Å². The summed E-state index contributed by atoms with van der Waals surface area (Å²) < 4.78 is 12.0. The number of nitrogens with two attached hydrogens (primary N) is 1. The molecule has 0 saturated carbocycles. The van der Waals surface area contributed by atoms with Crippen LogP contribution in [0.5, 0.6) is 11.5 Å². The molecule has 184 valence electrons. The number of carbonyl (C=O) groups excluding carboxylic acids is 2. The molecular formula is C26H34N2O6. The molecule has 1 fully saturated rings. The van der Waals surface area contributed by atoms with E-state index in [9.17, 15) is 19.8 Å². The molecule has 2 heterocycles. The maximum atomic E-state index is 12.8. The summed E-state index contributed by atoms with van der Waals surface area (Å²) in [7, 11) is 2.02. The number of phenols is 1. The molecule has 0 amide bonds. The Morgan fingerprint density at radius 2 is 2.15 bits per heavy atom. The molecule has 1 aromatic carbocycles. The van der Waals surface area contributed by atoms with E-state index in [1.807, 2.05) is 13.1 Å². The molecule has 1 spiro atoms. The van der Waals surface area contributed by atoms with Gasteiger partial charge < -0.3 is 30.3 Å². The smallest absolute Gasteiger partial charge is 0.313 e. The van der Waals surface area contributed by atoms with Gasteiger partial charge in [-0.25, -0.2) is 0 Å². The van der Waals surface area contributed by atoms with Gasteiger partial charge in [-0.1, -0.05) is 25.8 Å². The summed E-state index contributed by atoms with van der Waals surface area (Å²) in [4.78, 5) is 27.2. The van der Waals surface area contributed by atoms with Gasteiger partial charge >= 0.3 is 5.97 Å². The summed E-state index contributed by atoms with van der Waals surface area (Å²) in [6.07, 6.45) is 5.44. The molecule has 1 saturated heterocycles. The number of hydrogen-bond donors (Lipinski definition) is 3. The van der Waals surface area contributed by atoms with Gasteiger partial charge in [-0.2, -0.15) is 0 Å². The molecule has 5 atom stereocenters. The summed E-state index contributed by atoms with van der Waals surface area (Å²) in [6.45, 7) is 2.81. The van der Waals surface area contributed by atoms with Gasteiger partial charge in [0.25, 0.3) is 0 Å². The zero-order chi connectivity index (χ0) is 24.3. The molecule has 0 unspecified atom stereocenters. The van der Waals surface area contributed by atoms with E-state index >= 15 is 0 Å². The maximum Gasteiger partial charge on any atom is 0.313 e. The van der Waals surface area contributed by atoms with Crippen molar-refractivity contribution in [3.8, 4) is 11.5 Å². The molecule has 34 heavy (non-hydrogen) atoms. The molecule has 2 bridgehead atoms. The number of Topliss-reactive ketones (excluding diaryl/α,β-unsaturated/α-hetero) is 1. The van der Waals surface area contributed by atoms with Crippen LogP contribution in [0.2, 0.25) is 0 Å². The van der Waals surface area contributed by atoms with Crippen LogP contribution in [0.4, 0.5) is 0 Å². The van der Waals surface area contributed by atoms with Crippen molar-refractivity contribution in [2.24, 2.45) is 5.73 Å². The van der Waals surface area contributed by atoms with Crippen LogP contribution in [0.15, 0.2) is 24.0 Å². The highest BCUT2D eigenvalue weighted by Crippen LogP contribution is 2.65. The van der Waals surface area contributed by atoms with E-state index < -0.39 is 29.1 Å². The predicted molar refractivity (Wildman–Crippen MR) is 124 cm³/mol. The summed E-state index contributed by atoms with van der Waals surface area (Å²) in [5.41, 5.74) is 5.95. The Kier molecular flexibility index (Phi) is 5.73. The number of phenolic OH excluding ortho intramolecular Hbond substituents is 1. The topological polar surface area (TPSA) is 122 Å². The van der Waals surface area contributed by atoms with E-state index in [0.717, 1.165) is 36.9 Å². The van der Waals surface area contributed by atoms with Crippen molar-refractivity contribution >= 4 is 11.8 Å². The van der Waals surface area contributed by atoms with E-state index in [0.29, 0.717) is 37.2 Å². The zero-order valence-corrected chi connectivity index (χ0v) is 19.9. The standard InChI is InChI=1S/C26H34N2O6/c1-3-4-5-6-17(29)16(27)14-21(31)33-19-9-10-26(32)20-13-15-7-8-18(30)23-22(15)25(26,24(19)34-23)11-12-28(20)2/h7-9,16,20,24,30,32H,3-6,10-14,27H2,1-2H3/t16-,20+,24-,25-,26+/m0/s1. The number of nitrogens with zero attached hydrogens (tertiary/aromatic N) is 1. The second-order valence-corrected chi connectivity index (χ2v) is 10.3. The number of likely N-dealkylation sites (N-methyl/N-ethyl adjacent to an activating group) is 1. The number of hydrogen-bond acceptors (Lipinski definition) is 8. The third-order valence-corrected chi connectivity index (χ3v) is 8.41. The van der Waals surface area contributed by atoms with Crippen LogP contribution in [-0.2, 0) is 26.2 Å². The van der Waals surface area contributed by atoms with Crippen LogP contribution in [0, 0.1) is 0 Å². The fraction of sp³-hybridized carbons (Fsp3) is 0.615. The summed E-state index contributed by atoms with van der Waals surface area (Å²) >= 11 is 0. The minimum atomic E-state index is -1.11. The van der Waals surface area contributed by atoms with E-state index in [-0.39, 0.29) is 24.0 Å². The highest BCUT2D eigenvalue weighted by Gasteiger charge is 2.72. The fourth-order valence-corrected chi connectivity index (χ4v) is 6.64. The van der Waals surface area contributed by atoms with Crippen molar-refractivity contribution in [2.45, 2.75) is 87.5 Å². The number of aliphatic hydroxyl groups is 1. The number of benzene rings is 1. The number of aromatic hydroxyl groups is 1. The largest absolute Gasteiger partial charge is 0.504 e. The third kappa shape index (κ3) is 3.22. The van der Waals surface area contributed by atoms with E-state index in [2.05, 4.69) is 11.8 Å². The molecule has 2 aliphatic carbocycles. The SMILES string of the molecule is CCCCCC(=O)[C@@H](N)CC(=O)OC1=CC[C@@]2(O)[C@H]3Cc4ccc(O)c5c4[C@@]2(CCN3C)[C@H]1O5. The van der Waals surface area contributed by atoms with Crippen LogP contribution in [0.1, 0.15) is 63.0 Å². The Morgan fingerprint density at radius 3 is 2.91 bits per heavy atom. The number of unbranched alkanes of at least 4 members (excludes halogenated alkanes) is 2. The number of piperidine rings is 1. The first-order valence-electron chi connectivity index (χ1n) is 12.4. The molecule has 0 radical (unpaired) electrons. The second kappa shape index (κ2) is 8.36. The monoisotopic (exact) mass is 470 g/mol. The number of ketones is 1. The molecule has 4 N–H and O–H groups in total. The van der Waals surface area contributed by atoms with Gasteiger partial charge in [0.2, 0.25) is 0 Å². The highest BCUT2D eigenvalue weighted by atomic mass is 16.6. The van der Waals surface area contributed by atoms with Crippen LogP contribution in [-0.4, -0.2) is 64.2 Å². The lowest BCUT2D eigenvalue weighted by molar-refractivity contribution is -0.169. The Morgan fingerprint density at radius 1 is 1.35 bits per heavy atom. The number of esters is 1. The normalized spacial score (nSPS) is 31.8. The van der Waals surface area contributed by atoms with Crippen molar-refractivity contribution in [2.75, 3.05) is 13.6 Å². The lowest BCUT2D eigenvalue weighted by atomic mass is 9.50. The molecule has 8 heteroatoms. The highest BCUT2D eigenvalue weighted by molar-refractivity contribution is 5.88. The Bertz CT molecular complexity index is 1050. The Balaban J connectivity index is 1.41. The predicted octanol–water partition coefficient (Wildman–Crippen LogP) is 2.08. The Labute approximate surface area is 199 Å². The summed E-state index contributed by atoms with van der Waals surface area (Å²) in [5.74, 6) is -0.00972. The van der Waals surface area contributed by atoms with Gasteiger partial charge in [-0.3, -0.25) is 9.59 Å². The maximum absolute atomic E-state index is 12.8. The Hall–Kier alpha value is -2.42. The van der Waals surface area contributed by atoms with Crippen LogP contribution < -0.4 is 10.5 Å². The second-order valence-electron chi connectivity index (χ2n) is 10.3. The first-order valence-corrected chi connectivity index (χ1v) is 12.4. The van der Waals surface area contributed by atoms with Crippen molar-refractivity contribution in [3.63, 3.8) is 0 Å². The van der Waals surface area contributed by atoms with Crippen LogP contribution >= 0.6 is 0 Å². The van der Waals surface area contributed by atoms with Gasteiger partial charge in [0.15, 0.2) is 17.6 Å². The molecule has 5 rings (SSSR count). The minimum absolute atomic E-state index is 0.0210. The zero-order valence-electron chi connectivity index (χ0n) is 19.9. The lowest BCUT2D eigenvalue weighted by Gasteiger charge is -2.61. The minimum Gasteiger partial charge on any atom is -0.504 e. The van der Waals surface area contributed by atoms with Crippen molar-refractivity contribution < 1.29 is 29.3 Å². The van der Waals surface area contributed by atoms with E-state index in [1.165, 1.54) is 0 Å². The molecular weight excluding hydrogens is 436 g/mol. The fourth-order valence-electron chi connectivity index (χ4n) is 6.64. The first-order chi connectivity index (χ1) is 16.2. The van der Waals surface area contributed by atoms with Crippen molar-refractivity contribution in [1.82, 2.24) is 4.90 Å². The van der Waals surface area contributed by atoms with E-state index in [1.54, 1.807) is 12.1 Å². The van der Waals surface area contributed by atoms with Gasteiger partial charge in [-0.05, 0) is 50.6 Å². The quantitative estimate of drug-likeness (QED) is 0.390. The molecule has 0 aromatic heterocycles. The molecule has 4 aliphatic rings. The average molecular weight is 471 g/mol. The van der Waals surface area contributed by atoms with Crippen LogP contribution in [0.3, 0.4) is 0 Å². The summed E-state index contributed by atoms with van der Waals surface area (Å²) in [6, 6.07) is 2.52. The van der Waals surface area contributed by atoms with Crippen molar-refractivity contribution in [1.29, 1.82) is 0 Å². The molecule has 2 aliphatic heterocycles. The third-order valence-electron chi connectivity index (χ3n) is 8.41. The van der Waals surface area contributed by atoms with Gasteiger partial charge in [0.05, 0.1) is 23.5 Å². The first kappa shape index (κ1) is 23.3. The van der Waals surface area contributed by atoms with Crippen LogP contribution in [0.25, 0.3) is 0 Å². The number of rotatable bonds is 8. The van der Waals surface area contributed by atoms with Gasteiger partial charge in [0, 0.05) is 24.4 Å². The molecule has 1 aromatic rings. The number of ether oxygens (including phenoxy) is 2. The van der Waals surface area contributed by atoms with E-state index in [4.69, 9.17) is 15.2 Å². The average Bonchev–Trinajstić information content (AvgIpc) is 3.16. The van der Waals surface area contributed by atoms with Gasteiger partial charge in [-0.15, -0.1) is 0 Å². The lowest BCUT2D eigenvalue weighted by Crippen LogP contribution is -2.74. The number of carbonyl (C=O) groups is 2. The summed E-state index contributed by atoms with van der Waals surface area (Å²) in [5, 5.41) is 22.7. The van der Waals surface area contributed by atoms with Gasteiger partial charge in [0.1, 0.15) is 11.5 Å².